The highest BCUT2D eigenvalue weighted by Crippen LogP contribution is 2.15. The van der Waals surface area contributed by atoms with Gasteiger partial charge in [-0.15, -0.1) is 0 Å². The van der Waals surface area contributed by atoms with Crippen molar-refractivity contribution in [2.24, 2.45) is 0 Å². The standard InChI is InChI=1S/C10H14BrNO2S/c1-8-4-3-5-10(6-8)9(2)12-15(13,14)7-11/h3-6,9,12H,7H2,1-2H3/t9-/m0/s1. The Hall–Kier alpha value is -0.390. The SMILES string of the molecule is Cc1cccc([C@H](C)NS(=O)(=O)CBr)c1. The lowest BCUT2D eigenvalue weighted by atomic mass is 10.1. The molecule has 1 aromatic carbocycles. The average molecular weight is 292 g/mol. The first-order valence-corrected chi connectivity index (χ1v) is 7.34. The number of nitrogens with one attached hydrogen (secondary N) is 1. The number of hydrogen-bond donors (Lipinski definition) is 1. The van der Waals surface area contributed by atoms with Crippen molar-refractivity contribution < 1.29 is 8.42 Å². The summed E-state index contributed by atoms with van der Waals surface area (Å²) in [5.74, 6) is 0. The van der Waals surface area contributed by atoms with Crippen molar-refractivity contribution in [2.45, 2.75) is 19.9 Å². The molecule has 0 radical (unpaired) electrons. The molecule has 1 atom stereocenters. The van der Waals surface area contributed by atoms with Crippen LogP contribution in [0.15, 0.2) is 24.3 Å². The molecule has 0 fully saturated rings. The largest absolute Gasteiger partial charge is 0.222 e. The van der Waals surface area contributed by atoms with E-state index in [4.69, 9.17) is 0 Å². The molecule has 15 heavy (non-hydrogen) atoms. The molecule has 0 spiro atoms. The number of hydrogen-bond acceptors (Lipinski definition) is 2. The molecule has 0 unspecified atom stereocenters. The fourth-order valence-electron chi connectivity index (χ4n) is 1.31. The van der Waals surface area contributed by atoms with Crippen molar-refractivity contribution in [2.75, 3.05) is 4.66 Å². The highest BCUT2D eigenvalue weighted by atomic mass is 79.9. The van der Waals surface area contributed by atoms with E-state index in [9.17, 15) is 8.42 Å². The van der Waals surface area contributed by atoms with Crippen molar-refractivity contribution in [3.63, 3.8) is 0 Å². The lowest BCUT2D eigenvalue weighted by Gasteiger charge is -2.13. The van der Waals surface area contributed by atoms with Crippen molar-refractivity contribution in [3.8, 4) is 0 Å². The van der Waals surface area contributed by atoms with Crippen LogP contribution in [0.3, 0.4) is 0 Å². The molecule has 0 saturated heterocycles. The minimum atomic E-state index is -3.21. The highest BCUT2D eigenvalue weighted by Gasteiger charge is 2.13. The van der Waals surface area contributed by atoms with Crippen molar-refractivity contribution in [1.29, 1.82) is 0 Å². The van der Waals surface area contributed by atoms with Gasteiger partial charge in [0.15, 0.2) is 0 Å². The fraction of sp³-hybridized carbons (Fsp3) is 0.400. The van der Waals surface area contributed by atoms with Gasteiger partial charge in [0.2, 0.25) is 10.0 Å². The van der Waals surface area contributed by atoms with Gasteiger partial charge in [-0.1, -0.05) is 45.8 Å². The van der Waals surface area contributed by atoms with Crippen LogP contribution in [0, 0.1) is 6.92 Å². The highest BCUT2D eigenvalue weighted by molar-refractivity contribution is 9.10. The zero-order chi connectivity index (χ0) is 11.5. The Morgan fingerprint density at radius 1 is 1.47 bits per heavy atom. The van der Waals surface area contributed by atoms with Crippen molar-refractivity contribution >= 4 is 26.0 Å². The van der Waals surface area contributed by atoms with Gasteiger partial charge in [0.1, 0.15) is 4.66 Å². The second-order valence-electron chi connectivity index (χ2n) is 3.48. The maximum atomic E-state index is 11.3. The lowest BCUT2D eigenvalue weighted by molar-refractivity contribution is 0.572. The smallest absolute Gasteiger partial charge is 0.212 e. The van der Waals surface area contributed by atoms with Gasteiger partial charge in [0.05, 0.1) is 0 Å². The van der Waals surface area contributed by atoms with E-state index >= 15 is 0 Å². The molecule has 0 amide bonds. The summed E-state index contributed by atoms with van der Waals surface area (Å²) in [6.45, 7) is 3.81. The molecule has 0 aliphatic rings. The van der Waals surface area contributed by atoms with Crippen LogP contribution in [0.2, 0.25) is 0 Å². The number of alkyl halides is 1. The Bertz CT molecular complexity index is 431. The molecule has 0 saturated carbocycles. The molecule has 0 heterocycles. The number of benzene rings is 1. The Morgan fingerprint density at radius 2 is 2.13 bits per heavy atom. The third-order valence-electron chi connectivity index (χ3n) is 2.04. The van der Waals surface area contributed by atoms with E-state index < -0.39 is 10.0 Å². The summed E-state index contributed by atoms with van der Waals surface area (Å²) in [5, 5.41) is 0. The van der Waals surface area contributed by atoms with Crippen LogP contribution in [-0.2, 0) is 10.0 Å². The van der Waals surface area contributed by atoms with Crippen LogP contribution in [-0.4, -0.2) is 13.1 Å². The number of halogens is 1. The van der Waals surface area contributed by atoms with Crippen LogP contribution in [0.5, 0.6) is 0 Å². The van der Waals surface area contributed by atoms with E-state index in [1.54, 1.807) is 0 Å². The second kappa shape index (κ2) is 5.09. The average Bonchev–Trinajstić information content (AvgIpc) is 2.17. The lowest BCUT2D eigenvalue weighted by Crippen LogP contribution is -2.27. The van der Waals surface area contributed by atoms with Gasteiger partial charge < -0.3 is 0 Å². The Kier molecular flexibility index (Phi) is 4.31. The van der Waals surface area contributed by atoms with E-state index in [0.29, 0.717) is 0 Å². The summed E-state index contributed by atoms with van der Waals surface area (Å²) in [7, 11) is -3.21. The number of sulfonamides is 1. The zero-order valence-electron chi connectivity index (χ0n) is 8.70. The van der Waals surface area contributed by atoms with Gasteiger partial charge in [0.25, 0.3) is 0 Å². The van der Waals surface area contributed by atoms with Gasteiger partial charge >= 0.3 is 0 Å². The summed E-state index contributed by atoms with van der Waals surface area (Å²) >= 11 is 2.94. The normalized spacial score (nSPS) is 13.8. The number of rotatable bonds is 4. The predicted octanol–water partition coefficient (Wildman–Crippen LogP) is 2.33. The predicted molar refractivity (Wildman–Crippen MR) is 65.4 cm³/mol. The zero-order valence-corrected chi connectivity index (χ0v) is 11.1. The van der Waals surface area contributed by atoms with Gasteiger partial charge in [-0.05, 0) is 19.4 Å². The van der Waals surface area contributed by atoms with Crippen LogP contribution < -0.4 is 4.72 Å². The third-order valence-corrected chi connectivity index (χ3v) is 4.85. The molecule has 3 nitrogen and oxygen atoms in total. The maximum absolute atomic E-state index is 11.3. The molecule has 0 aliphatic carbocycles. The summed E-state index contributed by atoms with van der Waals surface area (Å²) in [5.41, 5.74) is 2.09. The van der Waals surface area contributed by atoms with Gasteiger partial charge in [-0.2, -0.15) is 0 Å². The van der Waals surface area contributed by atoms with Gasteiger partial charge in [-0.3, -0.25) is 0 Å². The van der Waals surface area contributed by atoms with Crippen LogP contribution in [0.4, 0.5) is 0 Å². The van der Waals surface area contributed by atoms with E-state index in [1.807, 2.05) is 38.1 Å². The first kappa shape index (κ1) is 12.7. The summed E-state index contributed by atoms with van der Waals surface area (Å²) in [4.78, 5) is 0. The summed E-state index contributed by atoms with van der Waals surface area (Å²) in [6.07, 6.45) is 0. The first-order valence-electron chi connectivity index (χ1n) is 4.57. The molecule has 1 aromatic rings. The molecular formula is C10H14BrNO2S. The molecule has 84 valence electrons. The molecule has 5 heteroatoms. The van der Waals surface area contributed by atoms with E-state index in [1.165, 1.54) is 0 Å². The van der Waals surface area contributed by atoms with Crippen molar-refractivity contribution in [3.05, 3.63) is 35.4 Å². The minimum Gasteiger partial charge on any atom is -0.212 e. The summed E-state index contributed by atoms with van der Waals surface area (Å²) < 4.78 is 25.1. The molecule has 1 N–H and O–H groups in total. The van der Waals surface area contributed by atoms with E-state index in [2.05, 4.69) is 20.7 Å². The van der Waals surface area contributed by atoms with Crippen molar-refractivity contribution in [1.82, 2.24) is 4.72 Å². The Balaban J connectivity index is 2.82. The van der Waals surface area contributed by atoms with Gasteiger partial charge in [0, 0.05) is 6.04 Å². The van der Waals surface area contributed by atoms with E-state index in [-0.39, 0.29) is 10.7 Å². The first-order chi connectivity index (χ1) is 6.94. The molecular weight excluding hydrogens is 278 g/mol. The molecule has 0 aromatic heterocycles. The fourth-order valence-corrected chi connectivity index (χ4v) is 2.44. The Labute approximate surface area is 99.1 Å². The quantitative estimate of drug-likeness (QED) is 0.866. The molecule has 0 aliphatic heterocycles. The second-order valence-corrected chi connectivity index (χ2v) is 6.53. The maximum Gasteiger partial charge on any atom is 0.222 e. The monoisotopic (exact) mass is 291 g/mol. The molecule has 1 rings (SSSR count). The topological polar surface area (TPSA) is 46.2 Å². The molecule has 0 bridgehead atoms. The van der Waals surface area contributed by atoms with Crippen LogP contribution in [0.1, 0.15) is 24.1 Å². The van der Waals surface area contributed by atoms with Crippen LogP contribution >= 0.6 is 15.9 Å². The number of aryl methyl sites for hydroxylation is 1. The van der Waals surface area contributed by atoms with Gasteiger partial charge in [-0.25, -0.2) is 13.1 Å². The van der Waals surface area contributed by atoms with E-state index in [0.717, 1.165) is 11.1 Å². The third kappa shape index (κ3) is 3.93. The summed E-state index contributed by atoms with van der Waals surface area (Å²) in [6, 6.07) is 7.58. The van der Waals surface area contributed by atoms with Crippen LogP contribution in [0.25, 0.3) is 0 Å². The Morgan fingerprint density at radius 3 is 2.67 bits per heavy atom. The minimum absolute atomic E-state index is 0.0733.